The molecule has 0 amide bonds. The lowest BCUT2D eigenvalue weighted by molar-refractivity contribution is 0.175. The summed E-state index contributed by atoms with van der Waals surface area (Å²) in [4.78, 5) is 19.4. The number of rotatable bonds is 6. The number of nitrogens with zero attached hydrogens (tertiary/aromatic N) is 7. The Bertz CT molecular complexity index is 1500. The highest BCUT2D eigenvalue weighted by Gasteiger charge is 2.26. The highest BCUT2D eigenvalue weighted by molar-refractivity contribution is 6.28. The summed E-state index contributed by atoms with van der Waals surface area (Å²) in [6, 6.07) is 17.8. The zero-order valence-corrected chi connectivity index (χ0v) is 20.8. The van der Waals surface area contributed by atoms with Crippen LogP contribution in [0.15, 0.2) is 73.3 Å². The van der Waals surface area contributed by atoms with Crippen LogP contribution in [-0.4, -0.2) is 47.7 Å². The normalized spacial score (nSPS) is 14.7. The van der Waals surface area contributed by atoms with Crippen molar-refractivity contribution < 1.29 is 4.74 Å². The van der Waals surface area contributed by atoms with Gasteiger partial charge in [-0.05, 0) is 60.8 Å². The second kappa shape index (κ2) is 10.1. The van der Waals surface area contributed by atoms with E-state index in [-0.39, 0.29) is 11.3 Å². The van der Waals surface area contributed by atoms with Crippen LogP contribution in [0.4, 0.5) is 5.82 Å². The topological polar surface area (TPSA) is 108 Å². The SMILES string of the molecule is Nc1ncnc2c1c(-c1ccc(Oc3ccccc3)cc1)nn2C1CCN(Cc2cnc(Cl)nc2)CC1. The molecule has 5 aromatic rings. The lowest BCUT2D eigenvalue weighted by atomic mass is 10.0. The van der Waals surface area contributed by atoms with E-state index in [1.165, 1.54) is 6.33 Å². The number of likely N-dealkylation sites (tertiary alicyclic amines) is 1. The zero-order chi connectivity index (χ0) is 25.2. The number of ether oxygens (including phenoxy) is 1. The van der Waals surface area contributed by atoms with Crippen molar-refractivity contribution >= 4 is 28.5 Å². The summed E-state index contributed by atoms with van der Waals surface area (Å²) in [6.45, 7) is 2.65. The molecule has 4 heterocycles. The highest BCUT2D eigenvalue weighted by Crippen LogP contribution is 2.35. The molecule has 10 heteroatoms. The molecular weight excluding hydrogens is 488 g/mol. The molecule has 0 saturated carbocycles. The minimum atomic E-state index is 0.212. The quantitative estimate of drug-likeness (QED) is 0.311. The summed E-state index contributed by atoms with van der Waals surface area (Å²) < 4.78 is 7.97. The van der Waals surface area contributed by atoms with E-state index in [0.29, 0.717) is 5.82 Å². The van der Waals surface area contributed by atoms with Crippen LogP contribution in [0.3, 0.4) is 0 Å². The molecule has 3 aromatic heterocycles. The number of fused-ring (bicyclic) bond motifs is 1. The number of benzene rings is 2. The van der Waals surface area contributed by atoms with Crippen molar-refractivity contribution in [3.63, 3.8) is 0 Å². The molecule has 0 atom stereocenters. The van der Waals surface area contributed by atoms with Crippen molar-refractivity contribution in [1.29, 1.82) is 0 Å². The van der Waals surface area contributed by atoms with E-state index >= 15 is 0 Å². The van der Waals surface area contributed by atoms with Gasteiger partial charge < -0.3 is 10.5 Å². The number of halogens is 1. The van der Waals surface area contributed by atoms with E-state index in [0.717, 1.165) is 71.8 Å². The molecular formula is C27H25ClN8O. The Kier molecular flexibility index (Phi) is 6.38. The molecule has 0 spiro atoms. The third-order valence-corrected chi connectivity index (χ3v) is 6.80. The molecule has 9 nitrogen and oxygen atoms in total. The van der Waals surface area contributed by atoms with Crippen molar-refractivity contribution in [3.8, 4) is 22.8 Å². The Balaban J connectivity index is 1.23. The van der Waals surface area contributed by atoms with Gasteiger partial charge in [0, 0.05) is 43.2 Å². The van der Waals surface area contributed by atoms with Crippen LogP contribution >= 0.6 is 11.6 Å². The number of aromatic nitrogens is 6. The molecule has 1 aliphatic rings. The first-order chi connectivity index (χ1) is 18.1. The average molecular weight is 513 g/mol. The van der Waals surface area contributed by atoms with E-state index in [1.807, 2.05) is 59.3 Å². The van der Waals surface area contributed by atoms with Crippen LogP contribution in [0, 0.1) is 0 Å². The van der Waals surface area contributed by atoms with Crippen LogP contribution < -0.4 is 10.5 Å². The van der Waals surface area contributed by atoms with Crippen molar-refractivity contribution in [3.05, 3.63) is 84.2 Å². The number of nitrogens with two attached hydrogens (primary N) is 1. The van der Waals surface area contributed by atoms with Gasteiger partial charge in [-0.1, -0.05) is 18.2 Å². The predicted molar refractivity (Wildman–Crippen MR) is 142 cm³/mol. The maximum absolute atomic E-state index is 6.33. The summed E-state index contributed by atoms with van der Waals surface area (Å²) in [5, 5.41) is 6.06. The van der Waals surface area contributed by atoms with E-state index in [4.69, 9.17) is 27.2 Å². The fraction of sp³-hybridized carbons (Fsp3) is 0.222. The molecule has 0 unspecified atom stereocenters. The highest BCUT2D eigenvalue weighted by atomic mass is 35.5. The van der Waals surface area contributed by atoms with Crippen LogP contribution in [-0.2, 0) is 6.54 Å². The fourth-order valence-corrected chi connectivity index (χ4v) is 4.86. The van der Waals surface area contributed by atoms with E-state index < -0.39 is 0 Å². The molecule has 1 fully saturated rings. The molecule has 1 aliphatic heterocycles. The molecule has 2 N–H and O–H groups in total. The maximum Gasteiger partial charge on any atom is 0.222 e. The van der Waals surface area contributed by atoms with Gasteiger partial charge in [-0.3, -0.25) is 4.90 Å². The monoisotopic (exact) mass is 512 g/mol. The van der Waals surface area contributed by atoms with Crippen molar-refractivity contribution in [1.82, 2.24) is 34.6 Å². The van der Waals surface area contributed by atoms with Gasteiger partial charge in [0.1, 0.15) is 29.3 Å². The minimum absolute atomic E-state index is 0.212. The first-order valence-corrected chi connectivity index (χ1v) is 12.5. The number of nitrogen functional groups attached to an aromatic ring is 1. The molecule has 6 rings (SSSR count). The standard InChI is InChI=1S/C27H25ClN8O/c28-27-30-14-18(15-31-27)16-35-12-10-20(11-13-35)36-26-23(25(29)32-17-33-26)24(34-36)19-6-8-22(9-7-19)37-21-4-2-1-3-5-21/h1-9,14-15,17,20H,10-13,16H2,(H2,29,32,33). The number of piperidine rings is 1. The van der Waals surface area contributed by atoms with Crippen LogP contribution in [0.1, 0.15) is 24.4 Å². The van der Waals surface area contributed by atoms with E-state index in [2.05, 4.69) is 24.8 Å². The van der Waals surface area contributed by atoms with Crippen molar-refractivity contribution in [2.75, 3.05) is 18.8 Å². The third-order valence-electron chi connectivity index (χ3n) is 6.61. The smallest absolute Gasteiger partial charge is 0.222 e. The minimum Gasteiger partial charge on any atom is -0.457 e. The second-order valence-corrected chi connectivity index (χ2v) is 9.40. The van der Waals surface area contributed by atoms with Gasteiger partial charge in [-0.25, -0.2) is 24.6 Å². The summed E-state index contributed by atoms with van der Waals surface area (Å²) in [6.07, 6.45) is 6.96. The Hall–Kier alpha value is -4.08. The number of anilines is 1. The number of para-hydroxylation sites is 1. The molecule has 0 radical (unpaired) electrons. The van der Waals surface area contributed by atoms with Gasteiger partial charge in [-0.2, -0.15) is 5.10 Å². The molecule has 0 bridgehead atoms. The Labute approximate surface area is 218 Å². The molecule has 2 aromatic carbocycles. The molecule has 1 saturated heterocycles. The van der Waals surface area contributed by atoms with Gasteiger partial charge in [0.25, 0.3) is 0 Å². The van der Waals surface area contributed by atoms with Gasteiger partial charge in [-0.15, -0.1) is 0 Å². The van der Waals surface area contributed by atoms with Gasteiger partial charge in [0.15, 0.2) is 5.65 Å². The van der Waals surface area contributed by atoms with Gasteiger partial charge in [0.2, 0.25) is 5.28 Å². The van der Waals surface area contributed by atoms with Crippen LogP contribution in [0.25, 0.3) is 22.3 Å². The van der Waals surface area contributed by atoms with Crippen LogP contribution in [0.5, 0.6) is 11.5 Å². The second-order valence-electron chi connectivity index (χ2n) is 9.06. The molecule has 186 valence electrons. The average Bonchev–Trinajstić information content (AvgIpc) is 3.32. The summed E-state index contributed by atoms with van der Waals surface area (Å²) in [5.41, 5.74) is 9.85. The van der Waals surface area contributed by atoms with E-state index in [9.17, 15) is 0 Å². The Morgan fingerprint density at radius 2 is 1.59 bits per heavy atom. The number of hydrogen-bond acceptors (Lipinski definition) is 8. The first-order valence-electron chi connectivity index (χ1n) is 12.1. The third kappa shape index (κ3) is 4.96. The maximum atomic E-state index is 6.33. The van der Waals surface area contributed by atoms with E-state index in [1.54, 1.807) is 12.4 Å². The Morgan fingerprint density at radius 3 is 2.32 bits per heavy atom. The first kappa shape index (κ1) is 23.3. The fourth-order valence-electron chi connectivity index (χ4n) is 4.76. The molecule has 0 aliphatic carbocycles. The lowest BCUT2D eigenvalue weighted by Gasteiger charge is -2.32. The van der Waals surface area contributed by atoms with Crippen molar-refractivity contribution in [2.45, 2.75) is 25.4 Å². The summed E-state index contributed by atoms with van der Waals surface area (Å²) in [5.74, 6) is 1.97. The lowest BCUT2D eigenvalue weighted by Crippen LogP contribution is -2.34. The Morgan fingerprint density at radius 1 is 0.892 bits per heavy atom. The number of hydrogen-bond donors (Lipinski definition) is 1. The zero-order valence-electron chi connectivity index (χ0n) is 20.0. The van der Waals surface area contributed by atoms with Gasteiger partial charge >= 0.3 is 0 Å². The largest absolute Gasteiger partial charge is 0.457 e. The molecule has 37 heavy (non-hydrogen) atoms. The van der Waals surface area contributed by atoms with Crippen LogP contribution in [0.2, 0.25) is 5.28 Å². The summed E-state index contributed by atoms with van der Waals surface area (Å²) in [7, 11) is 0. The summed E-state index contributed by atoms with van der Waals surface area (Å²) >= 11 is 5.82. The van der Waals surface area contributed by atoms with Gasteiger partial charge in [0.05, 0.1) is 11.4 Å². The van der Waals surface area contributed by atoms with Crippen molar-refractivity contribution in [2.24, 2.45) is 0 Å². The predicted octanol–water partition coefficient (Wildman–Crippen LogP) is 5.15.